The van der Waals surface area contributed by atoms with E-state index in [2.05, 4.69) is 15.5 Å². The lowest BCUT2D eigenvalue weighted by atomic mass is 10.1. The van der Waals surface area contributed by atoms with Crippen LogP contribution in [0.25, 0.3) is 0 Å². The zero-order valence-corrected chi connectivity index (χ0v) is 16.2. The number of hydrogen-bond acceptors (Lipinski definition) is 6. The number of carbonyl (C=O) groups is 2. The minimum absolute atomic E-state index is 0.135. The van der Waals surface area contributed by atoms with Gasteiger partial charge in [-0.15, -0.1) is 21.8 Å². The summed E-state index contributed by atoms with van der Waals surface area (Å²) in [5.41, 5.74) is 1.11. The van der Waals surface area contributed by atoms with Gasteiger partial charge in [0.2, 0.25) is 11.0 Å². The minimum atomic E-state index is -0.841. The van der Waals surface area contributed by atoms with E-state index in [1.165, 1.54) is 36.0 Å². The first-order chi connectivity index (χ1) is 13.0. The highest BCUT2D eigenvalue weighted by atomic mass is 35.5. The lowest BCUT2D eigenvalue weighted by molar-refractivity contribution is -0.116. The first-order valence-corrected chi connectivity index (χ1v) is 10.0. The standard InChI is InChI=1S/C18H13ClFN3O2S2/c19-15(12-4-2-1-3-5-12)16(25)21-17-22-23-18(27-17)26-10-14(24)11-6-8-13(20)9-7-11/h1-9,15H,10H2,(H,21,22,25). The van der Waals surface area contributed by atoms with Crippen molar-refractivity contribution in [3.63, 3.8) is 0 Å². The zero-order valence-electron chi connectivity index (χ0n) is 13.8. The van der Waals surface area contributed by atoms with Gasteiger partial charge in [0.15, 0.2) is 10.1 Å². The Bertz CT molecular complexity index is 935. The lowest BCUT2D eigenvalue weighted by Gasteiger charge is -2.08. The molecule has 3 aromatic rings. The van der Waals surface area contributed by atoms with Crippen LogP contribution in [0, 0.1) is 5.82 Å². The van der Waals surface area contributed by atoms with Gasteiger partial charge in [-0.3, -0.25) is 14.9 Å². The fourth-order valence-electron chi connectivity index (χ4n) is 2.11. The topological polar surface area (TPSA) is 72.0 Å². The van der Waals surface area contributed by atoms with E-state index in [0.717, 1.165) is 11.3 Å². The molecule has 9 heteroatoms. The predicted molar refractivity (Wildman–Crippen MR) is 105 cm³/mol. The summed E-state index contributed by atoms with van der Waals surface area (Å²) in [4.78, 5) is 24.3. The van der Waals surface area contributed by atoms with Crippen molar-refractivity contribution in [3.05, 3.63) is 71.5 Å². The number of amides is 1. The highest BCUT2D eigenvalue weighted by Gasteiger charge is 2.19. The van der Waals surface area contributed by atoms with E-state index in [0.29, 0.717) is 20.6 Å². The Balaban J connectivity index is 1.54. The number of aromatic nitrogens is 2. The summed E-state index contributed by atoms with van der Waals surface area (Å²) in [5.74, 6) is -0.809. The van der Waals surface area contributed by atoms with Crippen LogP contribution in [0.15, 0.2) is 58.9 Å². The third kappa shape index (κ3) is 5.35. The summed E-state index contributed by atoms with van der Waals surface area (Å²) in [6, 6.07) is 14.3. The third-order valence-electron chi connectivity index (χ3n) is 3.45. The van der Waals surface area contributed by atoms with E-state index >= 15 is 0 Å². The van der Waals surface area contributed by atoms with Gasteiger partial charge in [-0.2, -0.15) is 0 Å². The molecule has 0 aliphatic carbocycles. The normalized spacial score (nSPS) is 11.8. The number of thioether (sulfide) groups is 1. The van der Waals surface area contributed by atoms with Gasteiger partial charge >= 0.3 is 0 Å². The second-order valence-electron chi connectivity index (χ2n) is 5.35. The monoisotopic (exact) mass is 421 g/mol. The molecule has 0 spiro atoms. The van der Waals surface area contributed by atoms with Gasteiger partial charge in [0.05, 0.1) is 5.75 Å². The van der Waals surface area contributed by atoms with Crippen molar-refractivity contribution in [2.24, 2.45) is 0 Å². The van der Waals surface area contributed by atoms with Gasteiger partial charge in [-0.1, -0.05) is 53.4 Å². The average Bonchev–Trinajstić information content (AvgIpc) is 3.14. The Kier molecular flexibility index (Phi) is 6.54. The lowest BCUT2D eigenvalue weighted by Crippen LogP contribution is -2.17. The fraction of sp³-hybridized carbons (Fsp3) is 0.111. The molecule has 0 radical (unpaired) electrons. The molecule has 2 aromatic carbocycles. The Morgan fingerprint density at radius 3 is 2.52 bits per heavy atom. The third-order valence-corrected chi connectivity index (χ3v) is 5.87. The van der Waals surface area contributed by atoms with Gasteiger partial charge in [0, 0.05) is 5.56 Å². The number of Topliss-reactive ketones (excluding diaryl/α,β-unsaturated/α-hetero) is 1. The molecule has 0 saturated carbocycles. The second-order valence-corrected chi connectivity index (χ2v) is 7.99. The number of halogens is 2. The number of carbonyl (C=O) groups excluding carboxylic acids is 2. The maximum Gasteiger partial charge on any atom is 0.248 e. The molecule has 1 heterocycles. The number of alkyl halides is 1. The molecule has 1 atom stereocenters. The van der Waals surface area contributed by atoms with Crippen molar-refractivity contribution >= 4 is 51.5 Å². The van der Waals surface area contributed by atoms with Gasteiger partial charge < -0.3 is 0 Å². The zero-order chi connectivity index (χ0) is 19.2. The van der Waals surface area contributed by atoms with Crippen LogP contribution in [0.4, 0.5) is 9.52 Å². The van der Waals surface area contributed by atoms with Gasteiger partial charge in [-0.25, -0.2) is 4.39 Å². The van der Waals surface area contributed by atoms with Crippen LogP contribution >= 0.6 is 34.7 Å². The first-order valence-electron chi connectivity index (χ1n) is 7.78. The number of anilines is 1. The molecule has 5 nitrogen and oxygen atoms in total. The number of hydrogen-bond donors (Lipinski definition) is 1. The molecule has 1 aromatic heterocycles. The molecule has 27 heavy (non-hydrogen) atoms. The highest BCUT2D eigenvalue weighted by Crippen LogP contribution is 2.28. The molecule has 3 rings (SSSR count). The fourth-order valence-corrected chi connectivity index (χ4v) is 3.96. The summed E-state index contributed by atoms with van der Waals surface area (Å²) in [5, 5.41) is 9.92. The van der Waals surface area contributed by atoms with Crippen molar-refractivity contribution in [1.82, 2.24) is 10.2 Å². The Hall–Kier alpha value is -2.29. The van der Waals surface area contributed by atoms with Crippen LogP contribution in [0.5, 0.6) is 0 Å². The summed E-state index contributed by atoms with van der Waals surface area (Å²) in [7, 11) is 0. The summed E-state index contributed by atoms with van der Waals surface area (Å²) < 4.78 is 13.4. The Morgan fingerprint density at radius 2 is 1.81 bits per heavy atom. The van der Waals surface area contributed by atoms with Gasteiger partial charge in [-0.05, 0) is 29.8 Å². The molecule has 1 N–H and O–H groups in total. The number of benzene rings is 2. The Morgan fingerprint density at radius 1 is 1.11 bits per heavy atom. The summed E-state index contributed by atoms with van der Waals surface area (Å²) in [6.07, 6.45) is 0. The average molecular weight is 422 g/mol. The van der Waals surface area contributed by atoms with Crippen molar-refractivity contribution in [3.8, 4) is 0 Å². The number of nitrogens with zero attached hydrogens (tertiary/aromatic N) is 2. The molecule has 0 aliphatic heterocycles. The number of rotatable bonds is 7. The molecule has 0 fully saturated rings. The smallest absolute Gasteiger partial charge is 0.248 e. The van der Waals surface area contributed by atoms with Crippen molar-refractivity contribution in [1.29, 1.82) is 0 Å². The molecule has 0 bridgehead atoms. The largest absolute Gasteiger partial charge is 0.299 e. The summed E-state index contributed by atoms with van der Waals surface area (Å²) in [6.45, 7) is 0. The molecule has 0 saturated heterocycles. The minimum Gasteiger partial charge on any atom is -0.299 e. The number of ketones is 1. The molecular formula is C18H13ClFN3O2S2. The van der Waals surface area contributed by atoms with E-state index in [4.69, 9.17) is 11.6 Å². The van der Waals surface area contributed by atoms with E-state index in [-0.39, 0.29) is 11.5 Å². The molecule has 1 amide bonds. The quantitative estimate of drug-likeness (QED) is 0.262. The van der Waals surface area contributed by atoms with Crippen LogP contribution < -0.4 is 5.32 Å². The van der Waals surface area contributed by atoms with Crippen LogP contribution in [-0.2, 0) is 4.79 Å². The molecule has 1 unspecified atom stereocenters. The predicted octanol–water partition coefficient (Wildman–Crippen LogP) is 4.57. The van der Waals surface area contributed by atoms with Gasteiger partial charge in [0.1, 0.15) is 11.2 Å². The SMILES string of the molecule is O=C(CSc1nnc(NC(=O)C(Cl)c2ccccc2)s1)c1ccc(F)cc1. The van der Waals surface area contributed by atoms with E-state index in [9.17, 15) is 14.0 Å². The van der Waals surface area contributed by atoms with E-state index < -0.39 is 17.1 Å². The van der Waals surface area contributed by atoms with Crippen molar-refractivity contribution in [2.45, 2.75) is 9.72 Å². The van der Waals surface area contributed by atoms with E-state index in [1.54, 1.807) is 24.3 Å². The van der Waals surface area contributed by atoms with Crippen LogP contribution in [0.1, 0.15) is 21.3 Å². The number of nitrogens with one attached hydrogen (secondary N) is 1. The van der Waals surface area contributed by atoms with E-state index in [1.807, 2.05) is 6.07 Å². The van der Waals surface area contributed by atoms with Crippen LogP contribution in [0.2, 0.25) is 0 Å². The first kappa shape index (κ1) is 19.5. The van der Waals surface area contributed by atoms with Crippen molar-refractivity contribution < 1.29 is 14.0 Å². The Labute approximate surface area is 168 Å². The summed E-state index contributed by atoms with van der Waals surface area (Å²) >= 11 is 8.51. The second kappa shape index (κ2) is 9.07. The maximum absolute atomic E-state index is 12.9. The highest BCUT2D eigenvalue weighted by molar-refractivity contribution is 8.01. The van der Waals surface area contributed by atoms with Crippen LogP contribution in [0.3, 0.4) is 0 Å². The van der Waals surface area contributed by atoms with Crippen LogP contribution in [-0.4, -0.2) is 27.6 Å². The molecular weight excluding hydrogens is 409 g/mol. The van der Waals surface area contributed by atoms with Gasteiger partial charge in [0.25, 0.3) is 0 Å². The van der Waals surface area contributed by atoms with Crippen molar-refractivity contribution in [2.75, 3.05) is 11.1 Å². The maximum atomic E-state index is 12.9. The molecule has 138 valence electrons. The molecule has 0 aliphatic rings.